The Hall–Kier alpha value is -2.24. The molecule has 0 aliphatic rings. The van der Waals surface area contributed by atoms with E-state index >= 15 is 0 Å². The number of aromatic nitrogens is 3. The third-order valence-corrected chi connectivity index (χ3v) is 2.03. The van der Waals surface area contributed by atoms with Crippen LogP contribution < -0.4 is 0 Å². The maximum atomic E-state index is 12.7. The summed E-state index contributed by atoms with van der Waals surface area (Å²) in [6.45, 7) is 0. The lowest BCUT2D eigenvalue weighted by molar-refractivity contribution is -0.136. The Balaban J connectivity index is 2.36. The topological polar surface area (TPSA) is 68.0 Å². The van der Waals surface area contributed by atoms with Gasteiger partial charge in [0.15, 0.2) is 0 Å². The SMILES string of the molecule is O=C(O)Cc1nncn1-c1ccc(F)cc1. The van der Waals surface area contributed by atoms with E-state index < -0.39 is 5.97 Å². The minimum Gasteiger partial charge on any atom is -0.481 e. The van der Waals surface area contributed by atoms with Crippen molar-refractivity contribution in [3.8, 4) is 5.69 Å². The first-order valence-electron chi connectivity index (χ1n) is 4.53. The molecule has 82 valence electrons. The molecule has 0 spiro atoms. The number of carboxylic acids is 1. The minimum absolute atomic E-state index is 0.225. The van der Waals surface area contributed by atoms with Crippen LogP contribution in [0.4, 0.5) is 4.39 Å². The second-order valence-electron chi connectivity index (χ2n) is 3.16. The number of benzene rings is 1. The lowest BCUT2D eigenvalue weighted by Gasteiger charge is -2.04. The standard InChI is InChI=1S/C10H8FN3O2/c11-7-1-3-8(4-2-7)14-6-12-13-9(14)5-10(15)16/h1-4,6H,5H2,(H,15,16). The molecule has 2 rings (SSSR count). The number of hydrogen-bond acceptors (Lipinski definition) is 3. The molecule has 0 aliphatic heterocycles. The zero-order valence-corrected chi connectivity index (χ0v) is 8.17. The highest BCUT2D eigenvalue weighted by Crippen LogP contribution is 2.10. The van der Waals surface area contributed by atoms with Crippen LogP contribution in [0.25, 0.3) is 5.69 Å². The summed E-state index contributed by atoms with van der Waals surface area (Å²) in [5.41, 5.74) is 0.627. The van der Waals surface area contributed by atoms with Gasteiger partial charge in [0.05, 0.1) is 0 Å². The second kappa shape index (κ2) is 4.09. The first-order chi connectivity index (χ1) is 7.66. The van der Waals surface area contributed by atoms with Gasteiger partial charge < -0.3 is 5.11 Å². The smallest absolute Gasteiger partial charge is 0.311 e. The van der Waals surface area contributed by atoms with Crippen molar-refractivity contribution in [2.24, 2.45) is 0 Å². The summed E-state index contributed by atoms with van der Waals surface area (Å²) >= 11 is 0. The van der Waals surface area contributed by atoms with Crippen molar-refractivity contribution in [2.75, 3.05) is 0 Å². The summed E-state index contributed by atoms with van der Waals surface area (Å²) in [6, 6.07) is 5.65. The molecule has 5 nitrogen and oxygen atoms in total. The first kappa shape index (κ1) is 10.3. The summed E-state index contributed by atoms with van der Waals surface area (Å²) < 4.78 is 14.2. The van der Waals surface area contributed by atoms with Gasteiger partial charge >= 0.3 is 5.97 Å². The molecule has 0 atom stereocenters. The van der Waals surface area contributed by atoms with Gasteiger partial charge in [0, 0.05) is 5.69 Å². The fourth-order valence-corrected chi connectivity index (χ4v) is 1.33. The molecule has 1 aromatic heterocycles. The van der Waals surface area contributed by atoms with Gasteiger partial charge in [-0.15, -0.1) is 10.2 Å². The number of nitrogens with zero attached hydrogens (tertiary/aromatic N) is 3. The van der Waals surface area contributed by atoms with E-state index in [0.29, 0.717) is 11.5 Å². The minimum atomic E-state index is -0.989. The molecule has 0 saturated carbocycles. The average molecular weight is 221 g/mol. The van der Waals surface area contributed by atoms with Crippen LogP contribution in [0.15, 0.2) is 30.6 Å². The molecule has 0 saturated heterocycles. The Morgan fingerprint density at radius 3 is 2.69 bits per heavy atom. The molecule has 2 aromatic rings. The zero-order valence-electron chi connectivity index (χ0n) is 8.17. The number of carboxylic acid groups (broad SMARTS) is 1. The van der Waals surface area contributed by atoms with Crippen LogP contribution >= 0.6 is 0 Å². The van der Waals surface area contributed by atoms with Gasteiger partial charge in [-0.25, -0.2) is 4.39 Å². The van der Waals surface area contributed by atoms with Crippen molar-refractivity contribution in [1.82, 2.24) is 14.8 Å². The van der Waals surface area contributed by atoms with E-state index in [1.807, 2.05) is 0 Å². The van der Waals surface area contributed by atoms with Crippen molar-refractivity contribution in [1.29, 1.82) is 0 Å². The summed E-state index contributed by atoms with van der Waals surface area (Å²) in [5.74, 6) is -1.04. The highest BCUT2D eigenvalue weighted by Gasteiger charge is 2.09. The number of carbonyl (C=O) groups is 1. The van der Waals surface area contributed by atoms with E-state index in [2.05, 4.69) is 10.2 Å². The maximum Gasteiger partial charge on any atom is 0.311 e. The van der Waals surface area contributed by atoms with E-state index in [-0.39, 0.29) is 12.2 Å². The molecule has 0 aliphatic carbocycles. The van der Waals surface area contributed by atoms with Crippen LogP contribution in [-0.4, -0.2) is 25.8 Å². The number of aliphatic carboxylic acids is 1. The Kier molecular flexibility index (Phi) is 2.63. The molecule has 0 fully saturated rings. The quantitative estimate of drug-likeness (QED) is 0.840. The molecule has 0 radical (unpaired) electrons. The maximum absolute atomic E-state index is 12.7. The van der Waals surface area contributed by atoms with Gasteiger partial charge in [-0.2, -0.15) is 0 Å². The lowest BCUT2D eigenvalue weighted by atomic mass is 10.3. The van der Waals surface area contributed by atoms with Gasteiger partial charge in [-0.3, -0.25) is 9.36 Å². The Labute approximate surface area is 90.2 Å². The van der Waals surface area contributed by atoms with Crippen molar-refractivity contribution in [3.05, 3.63) is 42.2 Å². The molecular formula is C10H8FN3O2. The number of hydrogen-bond donors (Lipinski definition) is 1. The van der Waals surface area contributed by atoms with Gasteiger partial charge in [-0.1, -0.05) is 0 Å². The molecule has 0 unspecified atom stereocenters. The van der Waals surface area contributed by atoms with Gasteiger partial charge in [0.25, 0.3) is 0 Å². The van der Waals surface area contributed by atoms with E-state index in [1.54, 1.807) is 0 Å². The van der Waals surface area contributed by atoms with Crippen LogP contribution in [0.2, 0.25) is 0 Å². The predicted molar refractivity (Wildman–Crippen MR) is 52.7 cm³/mol. The highest BCUT2D eigenvalue weighted by molar-refractivity contribution is 5.69. The van der Waals surface area contributed by atoms with Crippen molar-refractivity contribution in [2.45, 2.75) is 6.42 Å². The van der Waals surface area contributed by atoms with Crippen LogP contribution in [0.3, 0.4) is 0 Å². The zero-order chi connectivity index (χ0) is 11.5. The molecule has 1 aromatic carbocycles. The van der Waals surface area contributed by atoms with E-state index in [4.69, 9.17) is 5.11 Å². The Bertz CT molecular complexity index is 507. The van der Waals surface area contributed by atoms with Gasteiger partial charge in [0.1, 0.15) is 24.4 Å². The third-order valence-electron chi connectivity index (χ3n) is 2.03. The molecule has 1 heterocycles. The number of rotatable bonds is 3. The summed E-state index contributed by atoms with van der Waals surface area (Å²) in [7, 11) is 0. The monoisotopic (exact) mass is 221 g/mol. The van der Waals surface area contributed by atoms with Gasteiger partial charge in [-0.05, 0) is 24.3 Å². The molecular weight excluding hydrogens is 213 g/mol. The van der Waals surface area contributed by atoms with E-state index in [9.17, 15) is 9.18 Å². The molecule has 6 heteroatoms. The van der Waals surface area contributed by atoms with Gasteiger partial charge in [0.2, 0.25) is 0 Å². The summed E-state index contributed by atoms with van der Waals surface area (Å²) in [5, 5.41) is 16.0. The second-order valence-corrected chi connectivity index (χ2v) is 3.16. The Morgan fingerprint density at radius 1 is 1.38 bits per heavy atom. The average Bonchev–Trinajstić information content (AvgIpc) is 2.66. The van der Waals surface area contributed by atoms with Crippen LogP contribution in [0.1, 0.15) is 5.82 Å². The van der Waals surface area contributed by atoms with Crippen LogP contribution in [0, 0.1) is 5.82 Å². The van der Waals surface area contributed by atoms with Crippen molar-refractivity contribution >= 4 is 5.97 Å². The summed E-state index contributed by atoms with van der Waals surface area (Å²) in [6.07, 6.45) is 1.17. The number of halogens is 1. The molecule has 0 bridgehead atoms. The van der Waals surface area contributed by atoms with E-state index in [0.717, 1.165) is 0 Å². The lowest BCUT2D eigenvalue weighted by Crippen LogP contribution is -2.07. The predicted octanol–water partition coefficient (Wildman–Crippen LogP) is 1.03. The highest BCUT2D eigenvalue weighted by atomic mass is 19.1. The Morgan fingerprint density at radius 2 is 2.06 bits per heavy atom. The van der Waals surface area contributed by atoms with E-state index in [1.165, 1.54) is 35.2 Å². The largest absolute Gasteiger partial charge is 0.481 e. The summed E-state index contributed by atoms with van der Waals surface area (Å²) in [4.78, 5) is 10.6. The molecule has 16 heavy (non-hydrogen) atoms. The first-order valence-corrected chi connectivity index (χ1v) is 4.53. The van der Waals surface area contributed by atoms with Crippen molar-refractivity contribution < 1.29 is 14.3 Å². The van der Waals surface area contributed by atoms with Crippen molar-refractivity contribution in [3.63, 3.8) is 0 Å². The molecule has 0 amide bonds. The normalized spacial score (nSPS) is 10.3. The molecule has 1 N–H and O–H groups in total. The fourth-order valence-electron chi connectivity index (χ4n) is 1.33. The van der Waals surface area contributed by atoms with Crippen LogP contribution in [0.5, 0.6) is 0 Å². The third kappa shape index (κ3) is 2.05. The fraction of sp³-hybridized carbons (Fsp3) is 0.100. The van der Waals surface area contributed by atoms with Crippen LogP contribution in [-0.2, 0) is 11.2 Å².